The van der Waals surface area contributed by atoms with Crippen molar-refractivity contribution < 1.29 is 19.4 Å². The molecule has 0 aliphatic heterocycles. The average Bonchev–Trinajstić information content (AvgIpc) is 2.35. The Hall–Kier alpha value is -1.32. The van der Waals surface area contributed by atoms with Crippen molar-refractivity contribution >= 4 is 11.9 Å². The molecule has 4 heteroatoms. The molecule has 0 radical (unpaired) electrons. The lowest BCUT2D eigenvalue weighted by Gasteiger charge is -2.04. The minimum absolute atomic E-state index is 0.286. The van der Waals surface area contributed by atoms with Crippen molar-refractivity contribution in [2.24, 2.45) is 0 Å². The number of carboxylic acid groups (broad SMARTS) is 1. The van der Waals surface area contributed by atoms with Crippen molar-refractivity contribution in [2.45, 2.75) is 64.7 Å². The molecule has 0 saturated carbocycles. The van der Waals surface area contributed by atoms with Crippen molar-refractivity contribution in [3.05, 3.63) is 12.2 Å². The number of rotatable bonds is 12. The molecule has 0 spiro atoms. The highest BCUT2D eigenvalue weighted by atomic mass is 16.5. The van der Waals surface area contributed by atoms with Gasteiger partial charge in [0.15, 0.2) is 0 Å². The van der Waals surface area contributed by atoms with Crippen LogP contribution in [-0.4, -0.2) is 23.7 Å². The Morgan fingerprint density at radius 2 is 1.42 bits per heavy atom. The highest BCUT2D eigenvalue weighted by molar-refractivity contribution is 5.86. The van der Waals surface area contributed by atoms with E-state index in [4.69, 9.17) is 9.84 Å². The minimum Gasteiger partial charge on any atom is -0.481 e. The Labute approximate surface area is 115 Å². The summed E-state index contributed by atoms with van der Waals surface area (Å²) in [6.07, 6.45) is 8.62. The summed E-state index contributed by atoms with van der Waals surface area (Å²) in [5, 5.41) is 8.47. The fraction of sp³-hybridized carbons (Fsp3) is 0.733. The summed E-state index contributed by atoms with van der Waals surface area (Å²) in [5.74, 6) is -1.01. The summed E-state index contributed by atoms with van der Waals surface area (Å²) in [4.78, 5) is 21.3. The lowest BCUT2D eigenvalue weighted by atomic mass is 10.1. The van der Waals surface area contributed by atoms with Crippen molar-refractivity contribution in [1.29, 1.82) is 0 Å². The van der Waals surface area contributed by atoms with Gasteiger partial charge in [-0.25, -0.2) is 4.79 Å². The molecule has 0 amide bonds. The van der Waals surface area contributed by atoms with Gasteiger partial charge >= 0.3 is 11.9 Å². The Kier molecular flexibility index (Phi) is 10.9. The van der Waals surface area contributed by atoms with E-state index in [2.05, 4.69) is 6.58 Å². The molecule has 0 rings (SSSR count). The number of ether oxygens (including phenoxy) is 1. The topological polar surface area (TPSA) is 63.6 Å². The van der Waals surface area contributed by atoms with Crippen LogP contribution in [0.3, 0.4) is 0 Å². The maximum atomic E-state index is 11.1. The third-order valence-electron chi connectivity index (χ3n) is 2.87. The molecule has 0 unspecified atom stereocenters. The van der Waals surface area contributed by atoms with Crippen LogP contribution >= 0.6 is 0 Å². The van der Waals surface area contributed by atoms with Gasteiger partial charge in [0.2, 0.25) is 0 Å². The fourth-order valence-corrected chi connectivity index (χ4v) is 1.73. The number of hydrogen-bond acceptors (Lipinski definition) is 3. The Morgan fingerprint density at radius 3 is 1.89 bits per heavy atom. The lowest BCUT2D eigenvalue weighted by molar-refractivity contribution is -0.139. The van der Waals surface area contributed by atoms with Gasteiger partial charge in [0.25, 0.3) is 0 Å². The standard InChI is InChI=1S/C15H26O4/c1-13(2)15(18)19-12-10-8-6-4-3-5-7-9-11-14(16)17/h1,3-12H2,2H3,(H,16,17). The molecule has 110 valence electrons. The van der Waals surface area contributed by atoms with Gasteiger partial charge in [-0.05, 0) is 19.8 Å². The minimum atomic E-state index is -0.704. The maximum absolute atomic E-state index is 11.1. The molecule has 0 aliphatic rings. The van der Waals surface area contributed by atoms with Crippen LogP contribution < -0.4 is 0 Å². The second-order valence-electron chi connectivity index (χ2n) is 4.89. The molecule has 0 heterocycles. The van der Waals surface area contributed by atoms with Crippen molar-refractivity contribution in [3.8, 4) is 0 Å². The van der Waals surface area contributed by atoms with E-state index < -0.39 is 5.97 Å². The molecule has 4 nitrogen and oxygen atoms in total. The average molecular weight is 270 g/mol. The molecule has 0 bridgehead atoms. The molecular formula is C15H26O4. The van der Waals surface area contributed by atoms with E-state index in [1.54, 1.807) is 6.92 Å². The smallest absolute Gasteiger partial charge is 0.333 e. The van der Waals surface area contributed by atoms with E-state index >= 15 is 0 Å². The van der Waals surface area contributed by atoms with Crippen LogP contribution in [0.25, 0.3) is 0 Å². The number of esters is 1. The first kappa shape index (κ1) is 17.7. The number of carboxylic acids is 1. The molecule has 0 saturated heterocycles. The molecule has 19 heavy (non-hydrogen) atoms. The summed E-state index contributed by atoms with van der Waals surface area (Å²) < 4.78 is 4.99. The Balaban J connectivity index is 3.13. The van der Waals surface area contributed by atoms with E-state index in [1.807, 2.05) is 0 Å². The van der Waals surface area contributed by atoms with E-state index in [-0.39, 0.29) is 12.4 Å². The van der Waals surface area contributed by atoms with Gasteiger partial charge in [0, 0.05) is 12.0 Å². The van der Waals surface area contributed by atoms with Crippen LogP contribution in [0.5, 0.6) is 0 Å². The van der Waals surface area contributed by atoms with Gasteiger partial charge in [-0.2, -0.15) is 0 Å². The van der Waals surface area contributed by atoms with Crippen LogP contribution in [0.4, 0.5) is 0 Å². The molecule has 0 aliphatic carbocycles. The van der Waals surface area contributed by atoms with Gasteiger partial charge in [-0.1, -0.05) is 45.1 Å². The SMILES string of the molecule is C=C(C)C(=O)OCCCCCCCCCCC(=O)O. The first-order valence-electron chi connectivity index (χ1n) is 7.08. The van der Waals surface area contributed by atoms with Gasteiger partial charge in [-0.3, -0.25) is 4.79 Å². The second kappa shape index (κ2) is 11.8. The zero-order valence-corrected chi connectivity index (χ0v) is 12.0. The highest BCUT2D eigenvalue weighted by Gasteiger charge is 2.01. The van der Waals surface area contributed by atoms with Crippen LogP contribution in [-0.2, 0) is 14.3 Å². The monoisotopic (exact) mass is 270 g/mol. The summed E-state index contributed by atoms with van der Waals surface area (Å²) in [7, 11) is 0. The first-order chi connectivity index (χ1) is 9.04. The van der Waals surface area contributed by atoms with Gasteiger partial charge in [-0.15, -0.1) is 0 Å². The maximum Gasteiger partial charge on any atom is 0.333 e. The van der Waals surface area contributed by atoms with Crippen LogP contribution in [0.2, 0.25) is 0 Å². The number of carbonyl (C=O) groups excluding carboxylic acids is 1. The lowest BCUT2D eigenvalue weighted by Crippen LogP contribution is -2.05. The van der Waals surface area contributed by atoms with E-state index in [9.17, 15) is 9.59 Å². The summed E-state index contributed by atoms with van der Waals surface area (Å²) in [6, 6.07) is 0. The summed E-state index contributed by atoms with van der Waals surface area (Å²) in [6.45, 7) is 5.64. The number of unbranched alkanes of at least 4 members (excludes halogenated alkanes) is 7. The van der Waals surface area contributed by atoms with Crippen LogP contribution in [0.15, 0.2) is 12.2 Å². The van der Waals surface area contributed by atoms with Crippen molar-refractivity contribution in [1.82, 2.24) is 0 Å². The van der Waals surface area contributed by atoms with E-state index in [0.29, 0.717) is 12.2 Å². The molecule has 0 aromatic carbocycles. The first-order valence-corrected chi connectivity index (χ1v) is 7.08. The van der Waals surface area contributed by atoms with Crippen LogP contribution in [0.1, 0.15) is 64.7 Å². The fourth-order valence-electron chi connectivity index (χ4n) is 1.73. The normalized spacial score (nSPS) is 10.2. The zero-order valence-electron chi connectivity index (χ0n) is 12.0. The summed E-state index contributed by atoms with van der Waals surface area (Å²) in [5.41, 5.74) is 0.446. The molecule has 1 N–H and O–H groups in total. The number of hydrogen-bond donors (Lipinski definition) is 1. The third kappa shape index (κ3) is 12.9. The number of carbonyl (C=O) groups is 2. The molecule has 0 aromatic heterocycles. The third-order valence-corrected chi connectivity index (χ3v) is 2.87. The molecule has 0 fully saturated rings. The number of aliphatic carboxylic acids is 1. The van der Waals surface area contributed by atoms with E-state index in [0.717, 1.165) is 44.9 Å². The molecular weight excluding hydrogens is 244 g/mol. The van der Waals surface area contributed by atoms with Gasteiger partial charge in [0.1, 0.15) is 0 Å². The molecule has 0 aromatic rings. The van der Waals surface area contributed by atoms with Crippen molar-refractivity contribution in [3.63, 3.8) is 0 Å². The van der Waals surface area contributed by atoms with Crippen molar-refractivity contribution in [2.75, 3.05) is 6.61 Å². The predicted octanol–water partition coefficient (Wildman–Crippen LogP) is 3.70. The molecule has 0 atom stereocenters. The Morgan fingerprint density at radius 1 is 0.947 bits per heavy atom. The summed E-state index contributed by atoms with van der Waals surface area (Å²) >= 11 is 0. The quantitative estimate of drug-likeness (QED) is 0.333. The highest BCUT2D eigenvalue weighted by Crippen LogP contribution is 2.09. The van der Waals surface area contributed by atoms with E-state index in [1.165, 1.54) is 6.42 Å². The van der Waals surface area contributed by atoms with Gasteiger partial charge < -0.3 is 9.84 Å². The largest absolute Gasteiger partial charge is 0.481 e. The van der Waals surface area contributed by atoms with Gasteiger partial charge in [0.05, 0.1) is 6.61 Å². The zero-order chi connectivity index (χ0) is 14.5. The second-order valence-corrected chi connectivity index (χ2v) is 4.89. The Bertz CT molecular complexity index is 284. The van der Waals surface area contributed by atoms with Crippen LogP contribution in [0, 0.1) is 0 Å². The predicted molar refractivity (Wildman–Crippen MR) is 75.0 cm³/mol.